The van der Waals surface area contributed by atoms with E-state index in [9.17, 15) is 4.79 Å². The summed E-state index contributed by atoms with van der Waals surface area (Å²) in [6, 6.07) is 7.77. The highest BCUT2D eigenvalue weighted by Gasteiger charge is 2.14. The number of carbonyl (C=O) groups is 1. The Kier molecular flexibility index (Phi) is 8.66. The average molecular weight is 322 g/mol. The van der Waals surface area contributed by atoms with Gasteiger partial charge in [0.25, 0.3) is 0 Å². The molecule has 23 heavy (non-hydrogen) atoms. The van der Waals surface area contributed by atoms with Crippen LogP contribution >= 0.6 is 0 Å². The third-order valence-electron chi connectivity index (χ3n) is 3.73. The Hall–Kier alpha value is -1.59. The van der Waals surface area contributed by atoms with Gasteiger partial charge in [0.2, 0.25) is 5.91 Å². The van der Waals surface area contributed by atoms with Crippen molar-refractivity contribution in [3.05, 3.63) is 29.8 Å². The topological polar surface area (TPSA) is 73.6 Å². The molecule has 1 amide bonds. The van der Waals surface area contributed by atoms with Gasteiger partial charge in [0, 0.05) is 13.7 Å². The minimum absolute atomic E-state index is 0.0629. The summed E-state index contributed by atoms with van der Waals surface area (Å²) in [4.78, 5) is 12.0. The Morgan fingerprint density at radius 2 is 1.87 bits per heavy atom. The molecule has 5 nitrogen and oxygen atoms in total. The number of methoxy groups -OCH3 is 1. The van der Waals surface area contributed by atoms with Crippen molar-refractivity contribution in [2.45, 2.75) is 45.8 Å². The first kappa shape index (κ1) is 19.5. The average Bonchev–Trinajstić information content (AvgIpc) is 2.52. The summed E-state index contributed by atoms with van der Waals surface area (Å²) in [5, 5.41) is 2.96. The first-order chi connectivity index (χ1) is 11.0. The zero-order valence-corrected chi connectivity index (χ0v) is 14.7. The number of amides is 1. The van der Waals surface area contributed by atoms with Crippen molar-refractivity contribution < 1.29 is 14.3 Å². The summed E-state index contributed by atoms with van der Waals surface area (Å²) in [5.74, 6) is 1.43. The molecular formula is C18H30N2O3. The number of benzene rings is 1. The molecule has 2 atom stereocenters. The highest BCUT2D eigenvalue weighted by molar-refractivity contribution is 5.77. The summed E-state index contributed by atoms with van der Waals surface area (Å²) >= 11 is 0. The number of rotatable bonds is 10. The quantitative estimate of drug-likeness (QED) is 0.694. The summed E-state index contributed by atoms with van der Waals surface area (Å²) in [7, 11) is 1.56. The molecule has 1 rings (SSSR count). The van der Waals surface area contributed by atoms with Gasteiger partial charge in [0.1, 0.15) is 5.75 Å². The zero-order valence-electron chi connectivity index (χ0n) is 14.7. The highest BCUT2D eigenvalue weighted by atomic mass is 16.5. The van der Waals surface area contributed by atoms with Gasteiger partial charge in [0.15, 0.2) is 0 Å². The Morgan fingerprint density at radius 3 is 2.39 bits per heavy atom. The lowest BCUT2D eigenvalue weighted by Crippen LogP contribution is -2.33. The molecule has 0 aliphatic heterocycles. The molecule has 0 aromatic heterocycles. The van der Waals surface area contributed by atoms with Gasteiger partial charge in [-0.3, -0.25) is 4.79 Å². The van der Waals surface area contributed by atoms with E-state index in [2.05, 4.69) is 19.2 Å². The number of nitrogens with one attached hydrogen (secondary N) is 1. The van der Waals surface area contributed by atoms with E-state index in [4.69, 9.17) is 15.2 Å². The van der Waals surface area contributed by atoms with E-state index in [1.54, 1.807) is 7.11 Å². The molecule has 0 aliphatic rings. The first-order valence-corrected chi connectivity index (χ1v) is 8.21. The maximum absolute atomic E-state index is 12.0. The minimum atomic E-state index is -0.237. The van der Waals surface area contributed by atoms with Crippen LogP contribution in [-0.2, 0) is 9.53 Å². The van der Waals surface area contributed by atoms with E-state index >= 15 is 0 Å². The molecular weight excluding hydrogens is 292 g/mol. The predicted molar refractivity (Wildman–Crippen MR) is 92.4 cm³/mol. The number of hydrogen-bond donors (Lipinski definition) is 2. The molecule has 1 aromatic carbocycles. The number of nitrogens with two attached hydrogens (primary N) is 1. The van der Waals surface area contributed by atoms with Crippen molar-refractivity contribution in [2.75, 3.05) is 20.3 Å². The number of ether oxygens (including phenoxy) is 2. The molecule has 0 heterocycles. The summed E-state index contributed by atoms with van der Waals surface area (Å²) in [5.41, 5.74) is 6.57. The second-order valence-electron chi connectivity index (χ2n) is 6.19. The Labute approximate surface area is 139 Å². The van der Waals surface area contributed by atoms with Gasteiger partial charge in [-0.15, -0.1) is 0 Å². The lowest BCUT2D eigenvalue weighted by atomic mass is 10.1. The zero-order chi connectivity index (χ0) is 17.2. The molecule has 0 saturated heterocycles. The molecule has 0 saturated carbocycles. The van der Waals surface area contributed by atoms with Crippen LogP contribution in [0, 0.1) is 5.92 Å². The molecule has 130 valence electrons. The van der Waals surface area contributed by atoms with E-state index < -0.39 is 0 Å². The fraction of sp³-hybridized carbons (Fsp3) is 0.611. The van der Waals surface area contributed by atoms with Gasteiger partial charge in [-0.25, -0.2) is 0 Å². The van der Waals surface area contributed by atoms with Crippen LogP contribution in [0.15, 0.2) is 24.3 Å². The van der Waals surface area contributed by atoms with Crippen molar-refractivity contribution in [1.82, 2.24) is 5.32 Å². The van der Waals surface area contributed by atoms with Crippen molar-refractivity contribution in [3.63, 3.8) is 0 Å². The van der Waals surface area contributed by atoms with Gasteiger partial charge in [0.05, 0.1) is 25.2 Å². The maximum Gasteiger partial charge on any atom is 0.223 e. The number of carbonyl (C=O) groups excluding carboxylic acids is 1. The summed E-state index contributed by atoms with van der Waals surface area (Å²) in [6.07, 6.45) is 1.07. The third-order valence-corrected chi connectivity index (χ3v) is 3.73. The summed E-state index contributed by atoms with van der Waals surface area (Å²) in [6.45, 7) is 7.36. The van der Waals surface area contributed by atoms with Gasteiger partial charge in [-0.2, -0.15) is 0 Å². The SMILES string of the molecule is COC(CN)CC(=O)NC(C)c1ccc(OCCC(C)C)cc1. The third kappa shape index (κ3) is 7.48. The standard InChI is InChI=1S/C18H30N2O3/c1-13(2)9-10-23-16-7-5-15(6-8-16)14(3)20-18(21)11-17(12-19)22-4/h5-8,13-14,17H,9-12,19H2,1-4H3,(H,20,21). The second-order valence-corrected chi connectivity index (χ2v) is 6.19. The van der Waals surface area contributed by atoms with Gasteiger partial charge in [-0.05, 0) is 37.0 Å². The van der Waals surface area contributed by atoms with Gasteiger partial charge >= 0.3 is 0 Å². The van der Waals surface area contributed by atoms with E-state index in [1.165, 1.54) is 0 Å². The normalized spacial score (nSPS) is 13.7. The van der Waals surface area contributed by atoms with Crippen LogP contribution in [0.1, 0.15) is 45.2 Å². The van der Waals surface area contributed by atoms with Crippen LogP contribution in [0.3, 0.4) is 0 Å². The van der Waals surface area contributed by atoms with E-state index in [1.807, 2.05) is 31.2 Å². The highest BCUT2D eigenvalue weighted by Crippen LogP contribution is 2.18. The van der Waals surface area contributed by atoms with Crippen molar-refractivity contribution in [2.24, 2.45) is 11.7 Å². The maximum atomic E-state index is 12.0. The molecule has 0 fully saturated rings. The largest absolute Gasteiger partial charge is 0.494 e. The second kappa shape index (κ2) is 10.2. The fourth-order valence-corrected chi connectivity index (χ4v) is 2.12. The lowest BCUT2D eigenvalue weighted by molar-refractivity contribution is -0.124. The Bertz CT molecular complexity index is 456. The predicted octanol–water partition coefficient (Wildman–Crippen LogP) is 2.65. The van der Waals surface area contributed by atoms with Gasteiger partial charge < -0.3 is 20.5 Å². The van der Waals surface area contributed by atoms with Crippen LogP contribution in [0.5, 0.6) is 5.75 Å². The minimum Gasteiger partial charge on any atom is -0.494 e. The van der Waals surface area contributed by atoms with E-state index in [-0.39, 0.29) is 24.5 Å². The Morgan fingerprint density at radius 1 is 1.22 bits per heavy atom. The first-order valence-electron chi connectivity index (χ1n) is 8.21. The number of hydrogen-bond acceptors (Lipinski definition) is 4. The van der Waals surface area contributed by atoms with Crippen LogP contribution < -0.4 is 15.8 Å². The smallest absolute Gasteiger partial charge is 0.223 e. The van der Waals surface area contributed by atoms with Crippen molar-refractivity contribution >= 4 is 5.91 Å². The molecule has 0 radical (unpaired) electrons. The van der Waals surface area contributed by atoms with Gasteiger partial charge in [-0.1, -0.05) is 26.0 Å². The summed E-state index contributed by atoms with van der Waals surface area (Å²) < 4.78 is 10.8. The molecule has 3 N–H and O–H groups in total. The molecule has 0 spiro atoms. The van der Waals surface area contributed by atoms with E-state index in [0.717, 1.165) is 24.3 Å². The fourth-order valence-electron chi connectivity index (χ4n) is 2.12. The van der Waals surface area contributed by atoms with Crippen LogP contribution in [0.4, 0.5) is 0 Å². The molecule has 2 unspecified atom stereocenters. The van der Waals surface area contributed by atoms with Crippen LogP contribution in [0.25, 0.3) is 0 Å². The molecule has 0 bridgehead atoms. The van der Waals surface area contributed by atoms with E-state index in [0.29, 0.717) is 12.5 Å². The van der Waals surface area contributed by atoms with Crippen LogP contribution in [0.2, 0.25) is 0 Å². The lowest BCUT2D eigenvalue weighted by Gasteiger charge is -2.17. The molecule has 5 heteroatoms. The monoisotopic (exact) mass is 322 g/mol. The van der Waals surface area contributed by atoms with Crippen LogP contribution in [-0.4, -0.2) is 32.3 Å². The molecule has 1 aromatic rings. The Balaban J connectivity index is 2.47. The van der Waals surface area contributed by atoms with Crippen molar-refractivity contribution in [1.29, 1.82) is 0 Å². The van der Waals surface area contributed by atoms with Crippen molar-refractivity contribution in [3.8, 4) is 5.75 Å². The molecule has 0 aliphatic carbocycles.